The van der Waals surface area contributed by atoms with Crippen LogP contribution in [0.25, 0.3) is 0 Å². The van der Waals surface area contributed by atoms with Gasteiger partial charge in [-0.2, -0.15) is 0 Å². The Kier molecular flexibility index (Phi) is 9.05. The third kappa shape index (κ3) is 7.38. The van der Waals surface area contributed by atoms with Crippen LogP contribution in [0.2, 0.25) is 5.02 Å². The first kappa shape index (κ1) is 23.2. The van der Waals surface area contributed by atoms with Crippen molar-refractivity contribution >= 4 is 58.6 Å². The van der Waals surface area contributed by atoms with Gasteiger partial charge in [0.1, 0.15) is 5.75 Å². The molecule has 0 fully saturated rings. The molecule has 0 aliphatic heterocycles. The van der Waals surface area contributed by atoms with Crippen molar-refractivity contribution in [2.75, 3.05) is 12.4 Å². The van der Waals surface area contributed by atoms with E-state index in [2.05, 4.69) is 9.19 Å². The van der Waals surface area contributed by atoms with Crippen LogP contribution in [0.15, 0.2) is 42.5 Å². The first-order chi connectivity index (χ1) is 12.6. The predicted molar refractivity (Wildman–Crippen MR) is 101 cm³/mol. The van der Waals surface area contributed by atoms with Crippen LogP contribution in [-0.4, -0.2) is 41.8 Å². The van der Waals surface area contributed by atoms with Gasteiger partial charge in [0.15, 0.2) is 0 Å². The van der Waals surface area contributed by atoms with Crippen molar-refractivity contribution in [3.8, 4) is 5.75 Å². The van der Waals surface area contributed by atoms with E-state index in [1.54, 1.807) is 12.1 Å². The monoisotopic (exact) mass is 479 g/mol. The second-order valence-electron chi connectivity index (χ2n) is 4.95. The molecular weight excluding hydrogens is 464 g/mol. The Bertz CT molecular complexity index is 858. The van der Waals surface area contributed by atoms with E-state index in [0.717, 1.165) is 0 Å². The molecule has 1 atom stereocenters. The van der Waals surface area contributed by atoms with Crippen molar-refractivity contribution < 1.29 is 31.3 Å². The van der Waals surface area contributed by atoms with E-state index >= 15 is 0 Å². The van der Waals surface area contributed by atoms with Crippen LogP contribution >= 0.6 is 23.2 Å². The van der Waals surface area contributed by atoms with Crippen molar-refractivity contribution in [3.05, 3.63) is 53.1 Å². The van der Waals surface area contributed by atoms with E-state index in [9.17, 15) is 13.3 Å². The van der Waals surface area contributed by atoms with Gasteiger partial charge in [0, 0.05) is 5.02 Å². The summed E-state index contributed by atoms with van der Waals surface area (Å²) in [4.78, 5) is 21.5. The van der Waals surface area contributed by atoms with E-state index in [1.165, 1.54) is 44.4 Å². The SMILES string of the molecule is CC(=O)Nc1ccc([As](=O)(O)OO)cc1.COc1ccc(Cl)cc1C(=O)Cl. The first-order valence-corrected chi connectivity index (χ1v) is 11.2. The molecule has 1 unspecified atom stereocenters. The second kappa shape index (κ2) is 10.5. The van der Waals surface area contributed by atoms with Crippen LogP contribution in [0.3, 0.4) is 0 Å². The van der Waals surface area contributed by atoms with Gasteiger partial charge in [0.2, 0.25) is 0 Å². The molecule has 2 rings (SSSR count). The third-order valence-corrected chi connectivity index (χ3v) is 5.90. The summed E-state index contributed by atoms with van der Waals surface area (Å²) in [5.74, 6) is 0.193. The number of carbonyl (C=O) groups is 2. The Hall–Kier alpha value is -1.80. The Labute approximate surface area is 167 Å². The molecule has 27 heavy (non-hydrogen) atoms. The van der Waals surface area contributed by atoms with Gasteiger partial charge in [0.05, 0.1) is 12.7 Å². The number of anilines is 1. The Balaban J connectivity index is 0.000000277. The summed E-state index contributed by atoms with van der Waals surface area (Å²) < 4.78 is 28.7. The van der Waals surface area contributed by atoms with E-state index in [-0.39, 0.29) is 15.8 Å². The average molecular weight is 480 g/mol. The molecule has 146 valence electrons. The Morgan fingerprint density at radius 1 is 1.15 bits per heavy atom. The molecule has 0 heterocycles. The normalized spacial score (nSPS) is 12.2. The van der Waals surface area contributed by atoms with Gasteiger partial charge in [-0.05, 0) is 29.8 Å². The minimum Gasteiger partial charge on any atom is -0.496 e. The summed E-state index contributed by atoms with van der Waals surface area (Å²) in [6.45, 7) is 1.35. The van der Waals surface area contributed by atoms with Gasteiger partial charge in [-0.1, -0.05) is 11.6 Å². The van der Waals surface area contributed by atoms with Crippen LogP contribution in [0.4, 0.5) is 5.69 Å². The third-order valence-electron chi connectivity index (χ3n) is 3.00. The van der Waals surface area contributed by atoms with Gasteiger partial charge in [-0.3, -0.25) is 4.79 Å². The number of carbonyl (C=O) groups excluding carboxylic acids is 2. The molecule has 11 heteroatoms. The van der Waals surface area contributed by atoms with Crippen molar-refractivity contribution in [2.24, 2.45) is 0 Å². The maximum Gasteiger partial charge on any atom is 0.256 e. The van der Waals surface area contributed by atoms with E-state index in [0.29, 0.717) is 16.5 Å². The van der Waals surface area contributed by atoms with Crippen LogP contribution in [0, 0.1) is 0 Å². The molecule has 0 aliphatic rings. The number of amides is 1. The fraction of sp³-hybridized carbons (Fsp3) is 0.125. The first-order valence-electron chi connectivity index (χ1n) is 7.18. The van der Waals surface area contributed by atoms with Gasteiger partial charge in [-0.25, -0.2) is 0 Å². The number of rotatable bonds is 5. The van der Waals surface area contributed by atoms with Gasteiger partial charge in [-0.15, -0.1) is 0 Å². The standard InChI is InChI=1S/C8H10AsNO5.C8H6Cl2O2/c1-6(11)10-8-4-2-7(3-5-8)9(12,13)15-14;1-12-7-3-2-5(9)4-6(7)8(10)11/h2-5,14H,1H3,(H,10,11)(H,12,13);2-4H,1H3. The fourth-order valence-corrected chi connectivity index (χ4v) is 3.44. The summed E-state index contributed by atoms with van der Waals surface area (Å²) >= 11 is 6.17. The smallest absolute Gasteiger partial charge is 0.256 e. The molecule has 0 aliphatic carbocycles. The topological polar surface area (TPSA) is 122 Å². The molecular formula is C16H16AsCl2NO7. The quantitative estimate of drug-likeness (QED) is 0.260. The summed E-state index contributed by atoms with van der Waals surface area (Å²) in [6, 6.07) is 10.2. The van der Waals surface area contributed by atoms with E-state index < -0.39 is 19.4 Å². The zero-order chi connectivity index (χ0) is 20.6. The molecule has 0 spiro atoms. The summed E-state index contributed by atoms with van der Waals surface area (Å²) in [7, 11) is 1.46. The summed E-state index contributed by atoms with van der Waals surface area (Å²) in [5.41, 5.74) is 0.784. The predicted octanol–water partition coefficient (Wildman–Crippen LogP) is 2.43. The maximum atomic E-state index is 11.2. The number of methoxy groups -OCH3 is 1. The van der Waals surface area contributed by atoms with Gasteiger partial charge >= 0.3 is 88.4 Å². The zero-order valence-corrected chi connectivity index (χ0v) is 17.6. The molecule has 0 bridgehead atoms. The van der Waals surface area contributed by atoms with Crippen molar-refractivity contribution in [1.82, 2.24) is 0 Å². The Morgan fingerprint density at radius 2 is 1.74 bits per heavy atom. The summed E-state index contributed by atoms with van der Waals surface area (Å²) in [5, 5.41) is 10.6. The maximum absolute atomic E-state index is 11.2. The van der Waals surface area contributed by atoms with Crippen LogP contribution in [0.1, 0.15) is 17.3 Å². The van der Waals surface area contributed by atoms with Crippen molar-refractivity contribution in [3.63, 3.8) is 0 Å². The largest absolute Gasteiger partial charge is 0.496 e. The average Bonchev–Trinajstić information content (AvgIpc) is 2.62. The number of hydrogen-bond acceptors (Lipinski definition) is 6. The fourth-order valence-electron chi connectivity index (χ4n) is 1.82. The van der Waals surface area contributed by atoms with E-state index in [1.807, 2.05) is 0 Å². The number of halogens is 2. The second-order valence-corrected chi connectivity index (χ2v) is 9.34. The zero-order valence-electron chi connectivity index (χ0n) is 14.2. The molecule has 1 amide bonds. The molecule has 2 aromatic rings. The van der Waals surface area contributed by atoms with Crippen LogP contribution in [0.5, 0.6) is 5.75 Å². The number of nitrogens with one attached hydrogen (secondary N) is 1. The molecule has 0 radical (unpaired) electrons. The molecule has 2 aromatic carbocycles. The molecule has 0 saturated heterocycles. The number of hydrogen-bond donors (Lipinski definition) is 3. The van der Waals surface area contributed by atoms with Crippen LogP contribution < -0.4 is 14.4 Å². The Morgan fingerprint density at radius 3 is 2.19 bits per heavy atom. The molecule has 0 aromatic heterocycles. The van der Waals surface area contributed by atoms with Gasteiger partial charge in [0.25, 0.3) is 5.24 Å². The molecule has 0 saturated carbocycles. The number of benzene rings is 2. The minimum absolute atomic E-state index is 0.00438. The minimum atomic E-state index is -4.76. The molecule has 3 N–H and O–H groups in total. The van der Waals surface area contributed by atoms with Gasteiger partial charge < -0.3 is 4.74 Å². The van der Waals surface area contributed by atoms with Crippen LogP contribution in [-0.2, 0) is 12.4 Å². The van der Waals surface area contributed by atoms with Crippen molar-refractivity contribution in [1.29, 1.82) is 0 Å². The summed E-state index contributed by atoms with van der Waals surface area (Å²) in [6.07, 6.45) is 0. The van der Waals surface area contributed by atoms with E-state index in [4.69, 9.17) is 37.3 Å². The van der Waals surface area contributed by atoms with Crippen molar-refractivity contribution in [2.45, 2.75) is 6.92 Å². The number of ether oxygens (including phenoxy) is 1. The molecule has 8 nitrogen and oxygen atoms in total.